The van der Waals surface area contributed by atoms with Gasteiger partial charge in [0.25, 0.3) is 10.1 Å². The summed E-state index contributed by atoms with van der Waals surface area (Å²) in [5.41, 5.74) is 1.14. The van der Waals surface area contributed by atoms with Gasteiger partial charge in [0.2, 0.25) is 0 Å². The lowest BCUT2D eigenvalue weighted by atomic mass is 9.99. The van der Waals surface area contributed by atoms with Crippen LogP contribution < -0.4 is 0 Å². The zero-order valence-corrected chi connectivity index (χ0v) is 21.7. The van der Waals surface area contributed by atoms with Gasteiger partial charge in [0.1, 0.15) is 6.10 Å². The molecule has 38 heavy (non-hydrogen) atoms. The molecule has 0 amide bonds. The molecule has 0 spiro atoms. The number of hydrogen-bond donors (Lipinski definition) is 1. The van der Waals surface area contributed by atoms with E-state index in [4.69, 9.17) is 30.0 Å². The fraction of sp³-hybridized carbons (Fsp3) is 0.259. The minimum Gasteiger partial charge on any atom is -0.452 e. The quantitative estimate of drug-likeness (QED) is 0.250. The van der Waals surface area contributed by atoms with E-state index in [0.29, 0.717) is 0 Å². The molecular formula is C27H25ClO9S. The number of carbonyl (C=O) groups is 2. The van der Waals surface area contributed by atoms with Gasteiger partial charge in [-0.25, -0.2) is 9.59 Å². The number of rotatable bonds is 8. The molecule has 11 heteroatoms. The Morgan fingerprint density at radius 3 is 1.82 bits per heavy atom. The second kappa shape index (κ2) is 12.1. The molecule has 5 unspecified atom stereocenters. The van der Waals surface area contributed by atoms with E-state index < -0.39 is 52.8 Å². The highest BCUT2D eigenvalue weighted by Crippen LogP contribution is 2.31. The largest absolute Gasteiger partial charge is 0.452 e. The van der Waals surface area contributed by atoms with Gasteiger partial charge >= 0.3 is 11.9 Å². The Morgan fingerprint density at radius 2 is 1.32 bits per heavy atom. The van der Waals surface area contributed by atoms with E-state index >= 15 is 0 Å². The van der Waals surface area contributed by atoms with E-state index in [1.807, 2.05) is 0 Å². The lowest BCUT2D eigenvalue weighted by molar-refractivity contribution is -0.268. The van der Waals surface area contributed by atoms with Crippen LogP contribution in [0, 0.1) is 6.92 Å². The molecule has 1 N–H and O–H groups in total. The van der Waals surface area contributed by atoms with Crippen molar-refractivity contribution in [1.29, 1.82) is 0 Å². The van der Waals surface area contributed by atoms with E-state index in [1.165, 1.54) is 36.4 Å². The van der Waals surface area contributed by atoms with Crippen molar-refractivity contribution in [1.82, 2.24) is 0 Å². The molecule has 0 radical (unpaired) electrons. The summed E-state index contributed by atoms with van der Waals surface area (Å²) in [7, 11) is -4.48. The van der Waals surface area contributed by atoms with E-state index in [1.54, 1.807) is 55.5 Å². The molecule has 1 saturated heterocycles. The van der Waals surface area contributed by atoms with E-state index in [9.17, 15) is 23.1 Å². The normalized spacial score (nSPS) is 23.4. The number of hydrogen-bond acceptors (Lipinski definition) is 9. The summed E-state index contributed by atoms with van der Waals surface area (Å²) in [5.74, 6) is -1.94. The van der Waals surface area contributed by atoms with Crippen LogP contribution >= 0.6 is 11.6 Å². The molecule has 200 valence electrons. The number of alkyl halides is 1. The van der Waals surface area contributed by atoms with Gasteiger partial charge in [-0.1, -0.05) is 54.1 Å². The predicted molar refractivity (Wildman–Crippen MR) is 136 cm³/mol. The van der Waals surface area contributed by atoms with Crippen LogP contribution in [0.3, 0.4) is 0 Å². The average molecular weight is 561 g/mol. The lowest BCUT2D eigenvalue weighted by Crippen LogP contribution is -2.62. The van der Waals surface area contributed by atoms with Crippen molar-refractivity contribution >= 4 is 33.7 Å². The molecule has 0 aromatic heterocycles. The number of aliphatic hydroxyl groups excluding tert-OH is 1. The second-order valence-corrected chi connectivity index (χ2v) is 10.4. The van der Waals surface area contributed by atoms with Crippen LogP contribution in [0.5, 0.6) is 0 Å². The van der Waals surface area contributed by atoms with Gasteiger partial charge in [-0.05, 0) is 43.3 Å². The highest BCUT2D eigenvalue weighted by Gasteiger charge is 2.52. The Balaban J connectivity index is 1.70. The minimum atomic E-state index is -4.48. The van der Waals surface area contributed by atoms with Gasteiger partial charge in [-0.2, -0.15) is 8.42 Å². The number of carbonyl (C=O) groups excluding carboxylic acids is 2. The lowest BCUT2D eigenvalue weighted by Gasteiger charge is -2.42. The zero-order chi connectivity index (χ0) is 27.3. The highest BCUT2D eigenvalue weighted by molar-refractivity contribution is 7.86. The molecule has 4 rings (SSSR count). The number of aliphatic hydroxyl groups is 1. The van der Waals surface area contributed by atoms with Gasteiger partial charge < -0.3 is 19.3 Å². The number of halogens is 1. The summed E-state index contributed by atoms with van der Waals surface area (Å²) >= 11 is 6.05. The van der Waals surface area contributed by atoms with E-state index in [2.05, 4.69) is 0 Å². The summed E-state index contributed by atoms with van der Waals surface area (Å²) in [6, 6.07) is 21.7. The summed E-state index contributed by atoms with van der Waals surface area (Å²) in [6.45, 7) is 1.78. The van der Waals surface area contributed by atoms with Crippen LogP contribution in [0.25, 0.3) is 0 Å². The van der Waals surface area contributed by atoms with E-state index in [0.717, 1.165) is 5.56 Å². The fourth-order valence-corrected chi connectivity index (χ4v) is 5.16. The van der Waals surface area contributed by atoms with Crippen LogP contribution in [0.1, 0.15) is 26.3 Å². The number of aryl methyl sites for hydroxylation is 1. The Morgan fingerprint density at radius 1 is 0.816 bits per heavy atom. The zero-order valence-electron chi connectivity index (χ0n) is 20.2. The number of benzene rings is 3. The molecular weight excluding hydrogens is 536 g/mol. The number of ether oxygens (including phenoxy) is 3. The maximum Gasteiger partial charge on any atom is 0.338 e. The monoisotopic (exact) mass is 560 g/mol. The fourth-order valence-electron chi connectivity index (χ4n) is 3.84. The summed E-state index contributed by atoms with van der Waals surface area (Å²) < 4.78 is 48.3. The Hall–Kier alpha value is -3.28. The molecule has 1 heterocycles. The Labute approximate surface area is 225 Å². The molecule has 3 aromatic rings. The average Bonchev–Trinajstić information content (AvgIpc) is 2.93. The first-order valence-electron chi connectivity index (χ1n) is 11.6. The van der Waals surface area contributed by atoms with Crippen molar-refractivity contribution in [3.8, 4) is 0 Å². The van der Waals surface area contributed by atoms with Crippen molar-refractivity contribution in [2.75, 3.05) is 5.88 Å². The smallest absolute Gasteiger partial charge is 0.338 e. The molecule has 0 aliphatic carbocycles. The van der Waals surface area contributed by atoms with Crippen LogP contribution in [0.4, 0.5) is 0 Å². The third-order valence-corrected chi connectivity index (χ3v) is 7.44. The summed E-state index contributed by atoms with van der Waals surface area (Å²) in [5, 5.41) is 10.7. The highest BCUT2D eigenvalue weighted by atomic mass is 35.5. The molecule has 3 aromatic carbocycles. The second-order valence-electron chi connectivity index (χ2n) is 8.52. The number of esters is 2. The molecule has 1 fully saturated rings. The SMILES string of the molecule is Cc1ccc(S(=O)(=O)OC2C(O)OC(CCl)C(OC(=O)c3ccccc3)C2OC(=O)c2ccccc2)cc1. The van der Waals surface area contributed by atoms with Crippen molar-refractivity contribution in [2.45, 2.75) is 42.5 Å². The maximum atomic E-state index is 13.1. The van der Waals surface area contributed by atoms with Crippen LogP contribution in [-0.4, -0.2) is 62.0 Å². The Bertz CT molecular complexity index is 1350. The first-order chi connectivity index (χ1) is 18.2. The topological polar surface area (TPSA) is 125 Å². The molecule has 9 nitrogen and oxygen atoms in total. The molecule has 0 bridgehead atoms. The van der Waals surface area contributed by atoms with Crippen LogP contribution in [-0.2, 0) is 28.5 Å². The molecule has 0 saturated carbocycles. The predicted octanol–water partition coefficient (Wildman–Crippen LogP) is 3.48. The van der Waals surface area contributed by atoms with Gasteiger partial charge in [0, 0.05) is 0 Å². The van der Waals surface area contributed by atoms with Crippen molar-refractivity contribution < 1.29 is 41.5 Å². The maximum absolute atomic E-state index is 13.1. The first-order valence-corrected chi connectivity index (χ1v) is 13.6. The summed E-state index contributed by atoms with van der Waals surface area (Å²) in [6.07, 6.45) is -7.87. The van der Waals surface area contributed by atoms with Gasteiger partial charge in [0.05, 0.1) is 21.9 Å². The first kappa shape index (κ1) is 27.7. The van der Waals surface area contributed by atoms with Crippen molar-refractivity contribution in [3.05, 3.63) is 102 Å². The third-order valence-electron chi connectivity index (χ3n) is 5.81. The minimum absolute atomic E-state index is 0.143. The Kier molecular flexibility index (Phi) is 8.80. The van der Waals surface area contributed by atoms with Crippen molar-refractivity contribution in [2.24, 2.45) is 0 Å². The summed E-state index contributed by atoms with van der Waals surface area (Å²) in [4.78, 5) is 25.7. The van der Waals surface area contributed by atoms with Gasteiger partial charge in [-0.3, -0.25) is 4.18 Å². The molecule has 5 atom stereocenters. The molecule has 1 aliphatic heterocycles. The van der Waals surface area contributed by atoms with Gasteiger partial charge in [0.15, 0.2) is 24.6 Å². The third kappa shape index (κ3) is 6.40. The standard InChI is InChI=1S/C27H25ClO9S/c1-17-12-14-20(15-13-17)38(32,33)37-24-23(36-26(30)19-10-6-3-7-11-19)22(21(16-28)34-27(24)31)35-25(29)18-8-4-2-5-9-18/h2-15,21-24,27,31H,16H2,1H3. The van der Waals surface area contributed by atoms with Crippen LogP contribution in [0.15, 0.2) is 89.8 Å². The molecule has 1 aliphatic rings. The van der Waals surface area contributed by atoms with Crippen molar-refractivity contribution in [3.63, 3.8) is 0 Å². The van der Waals surface area contributed by atoms with Crippen LogP contribution in [0.2, 0.25) is 0 Å². The van der Waals surface area contributed by atoms with E-state index in [-0.39, 0.29) is 21.9 Å². The van der Waals surface area contributed by atoms with Gasteiger partial charge in [-0.15, -0.1) is 11.6 Å².